The molecule has 1 aromatic heterocycles. The van der Waals surface area contributed by atoms with E-state index in [1.165, 1.54) is 0 Å². The van der Waals surface area contributed by atoms with Crippen LogP contribution in [0.25, 0.3) is 0 Å². The summed E-state index contributed by atoms with van der Waals surface area (Å²) in [6.07, 6.45) is 1.07. The van der Waals surface area contributed by atoms with Crippen molar-refractivity contribution in [3.8, 4) is 0 Å². The molecule has 0 saturated heterocycles. The molecule has 1 unspecified atom stereocenters. The lowest BCUT2D eigenvalue weighted by Gasteiger charge is -2.15. The molecule has 0 spiro atoms. The molecule has 17 heavy (non-hydrogen) atoms. The summed E-state index contributed by atoms with van der Waals surface area (Å²) >= 11 is 3.52. The summed E-state index contributed by atoms with van der Waals surface area (Å²) < 4.78 is 2.76. The molecule has 0 aliphatic carbocycles. The second-order valence-electron chi connectivity index (χ2n) is 3.95. The van der Waals surface area contributed by atoms with E-state index < -0.39 is 6.10 Å². The van der Waals surface area contributed by atoms with Crippen LogP contribution in [0.4, 0.5) is 0 Å². The number of rotatable bonds is 3. The van der Waals surface area contributed by atoms with Gasteiger partial charge < -0.3 is 5.11 Å². The van der Waals surface area contributed by atoms with E-state index in [2.05, 4.69) is 21.0 Å². The van der Waals surface area contributed by atoms with Gasteiger partial charge in [-0.25, -0.2) is 0 Å². The molecule has 1 aromatic carbocycles. The molecule has 0 aliphatic heterocycles. The second kappa shape index (κ2) is 5.02. The monoisotopic (exact) mass is 294 g/mol. The van der Waals surface area contributed by atoms with Crippen LogP contribution >= 0.6 is 15.9 Å². The van der Waals surface area contributed by atoms with Crippen molar-refractivity contribution >= 4 is 15.9 Å². The first kappa shape index (κ1) is 12.3. The van der Waals surface area contributed by atoms with Crippen molar-refractivity contribution in [2.75, 3.05) is 0 Å². The highest BCUT2D eigenvalue weighted by atomic mass is 79.9. The largest absolute Gasteiger partial charge is 0.382 e. The fourth-order valence-electron chi connectivity index (χ4n) is 1.88. The Balaban J connectivity index is 2.44. The Bertz CT molecular complexity index is 522. The van der Waals surface area contributed by atoms with Gasteiger partial charge in [0.05, 0.1) is 5.69 Å². The third kappa shape index (κ3) is 2.28. The van der Waals surface area contributed by atoms with Crippen LogP contribution in [0, 0.1) is 6.92 Å². The van der Waals surface area contributed by atoms with Gasteiger partial charge in [0.25, 0.3) is 0 Å². The maximum Gasteiger partial charge on any atom is 0.122 e. The van der Waals surface area contributed by atoms with Crippen molar-refractivity contribution in [3.05, 3.63) is 51.8 Å². The molecule has 0 radical (unpaired) electrons. The van der Waals surface area contributed by atoms with Crippen LogP contribution in [-0.4, -0.2) is 14.9 Å². The van der Waals surface area contributed by atoms with Crippen molar-refractivity contribution in [2.45, 2.75) is 26.5 Å². The van der Waals surface area contributed by atoms with Crippen LogP contribution in [0.5, 0.6) is 0 Å². The van der Waals surface area contributed by atoms with E-state index in [4.69, 9.17) is 0 Å². The van der Waals surface area contributed by atoms with E-state index in [0.717, 1.165) is 27.8 Å². The first-order valence-electron chi connectivity index (χ1n) is 5.60. The number of hydrogen-bond acceptors (Lipinski definition) is 2. The van der Waals surface area contributed by atoms with Crippen molar-refractivity contribution in [2.24, 2.45) is 0 Å². The molecule has 0 saturated carbocycles. The van der Waals surface area contributed by atoms with Crippen LogP contribution < -0.4 is 0 Å². The maximum atomic E-state index is 10.4. The average Bonchev–Trinajstić information content (AvgIpc) is 2.80. The Labute approximate surface area is 109 Å². The summed E-state index contributed by atoms with van der Waals surface area (Å²) in [5.74, 6) is 0. The van der Waals surface area contributed by atoms with Gasteiger partial charge >= 0.3 is 0 Å². The Morgan fingerprint density at radius 2 is 2.18 bits per heavy atom. The van der Waals surface area contributed by atoms with E-state index in [0.29, 0.717) is 0 Å². The van der Waals surface area contributed by atoms with Crippen molar-refractivity contribution in [3.63, 3.8) is 0 Å². The standard InChI is InChI=1S/C13H15BrN2O/c1-3-16-11(7-8-15-16)13(17)10-6-4-5-9(2)12(10)14/h4-8,13,17H,3H2,1-2H3. The first-order chi connectivity index (χ1) is 8.15. The summed E-state index contributed by atoms with van der Waals surface area (Å²) in [4.78, 5) is 0. The third-order valence-electron chi connectivity index (χ3n) is 2.85. The number of aryl methyl sites for hydroxylation is 2. The topological polar surface area (TPSA) is 38.0 Å². The minimum absolute atomic E-state index is 0.647. The Morgan fingerprint density at radius 3 is 2.88 bits per heavy atom. The molecule has 1 heterocycles. The molecule has 1 atom stereocenters. The minimum atomic E-state index is -0.647. The summed E-state index contributed by atoms with van der Waals surface area (Å²) in [5, 5.41) is 14.6. The lowest BCUT2D eigenvalue weighted by molar-refractivity contribution is 0.207. The predicted molar refractivity (Wildman–Crippen MR) is 70.8 cm³/mol. The van der Waals surface area contributed by atoms with Crippen LogP contribution in [0.1, 0.15) is 29.8 Å². The zero-order valence-electron chi connectivity index (χ0n) is 9.89. The van der Waals surface area contributed by atoms with Crippen LogP contribution in [-0.2, 0) is 6.54 Å². The SMILES string of the molecule is CCn1nccc1C(O)c1cccc(C)c1Br. The molecule has 0 fully saturated rings. The van der Waals surface area contributed by atoms with Gasteiger partial charge in [-0.05, 0) is 25.5 Å². The van der Waals surface area contributed by atoms with Crippen LogP contribution in [0.15, 0.2) is 34.9 Å². The summed E-state index contributed by atoms with van der Waals surface area (Å²) in [6.45, 7) is 4.77. The van der Waals surface area contributed by atoms with E-state index in [-0.39, 0.29) is 0 Å². The third-order valence-corrected chi connectivity index (χ3v) is 3.93. The van der Waals surface area contributed by atoms with Gasteiger partial charge in [-0.2, -0.15) is 5.10 Å². The zero-order chi connectivity index (χ0) is 12.4. The predicted octanol–water partition coefficient (Wildman–Crippen LogP) is 3.06. The van der Waals surface area contributed by atoms with Crippen LogP contribution in [0.2, 0.25) is 0 Å². The van der Waals surface area contributed by atoms with Crippen molar-refractivity contribution in [1.29, 1.82) is 0 Å². The Hall–Kier alpha value is -1.13. The van der Waals surface area contributed by atoms with E-state index in [1.807, 2.05) is 38.1 Å². The molecule has 4 heteroatoms. The van der Waals surface area contributed by atoms with Crippen LogP contribution in [0.3, 0.4) is 0 Å². The number of benzene rings is 1. The van der Waals surface area contributed by atoms with Crippen molar-refractivity contribution in [1.82, 2.24) is 9.78 Å². The van der Waals surface area contributed by atoms with E-state index in [1.54, 1.807) is 10.9 Å². The van der Waals surface area contributed by atoms with Crippen molar-refractivity contribution < 1.29 is 5.11 Å². The average molecular weight is 295 g/mol. The number of nitrogens with zero attached hydrogens (tertiary/aromatic N) is 2. The molecule has 0 aliphatic rings. The number of aliphatic hydroxyl groups is 1. The molecule has 2 rings (SSSR count). The molecule has 2 aromatic rings. The van der Waals surface area contributed by atoms with Gasteiger partial charge in [0.2, 0.25) is 0 Å². The van der Waals surface area contributed by atoms with Gasteiger partial charge in [0.1, 0.15) is 6.10 Å². The normalized spacial score (nSPS) is 12.7. The quantitative estimate of drug-likeness (QED) is 0.945. The summed E-state index contributed by atoms with van der Waals surface area (Å²) in [5.41, 5.74) is 2.81. The smallest absolute Gasteiger partial charge is 0.122 e. The van der Waals surface area contributed by atoms with Gasteiger partial charge in [0.15, 0.2) is 0 Å². The zero-order valence-corrected chi connectivity index (χ0v) is 11.5. The van der Waals surface area contributed by atoms with Gasteiger partial charge in [0, 0.05) is 22.8 Å². The number of aliphatic hydroxyl groups excluding tert-OH is 1. The number of aromatic nitrogens is 2. The summed E-state index contributed by atoms with van der Waals surface area (Å²) in [7, 11) is 0. The first-order valence-corrected chi connectivity index (χ1v) is 6.39. The molecule has 0 bridgehead atoms. The number of hydrogen-bond donors (Lipinski definition) is 1. The Kier molecular flexibility index (Phi) is 3.64. The molecular weight excluding hydrogens is 280 g/mol. The lowest BCUT2D eigenvalue weighted by Crippen LogP contribution is -2.09. The fraction of sp³-hybridized carbons (Fsp3) is 0.308. The maximum absolute atomic E-state index is 10.4. The fourth-order valence-corrected chi connectivity index (χ4v) is 2.36. The number of halogens is 1. The molecular formula is C13H15BrN2O. The van der Waals surface area contributed by atoms with Gasteiger partial charge in [-0.1, -0.05) is 34.1 Å². The second-order valence-corrected chi connectivity index (χ2v) is 4.75. The highest BCUT2D eigenvalue weighted by Gasteiger charge is 2.17. The molecule has 90 valence electrons. The highest BCUT2D eigenvalue weighted by molar-refractivity contribution is 9.10. The Morgan fingerprint density at radius 1 is 1.41 bits per heavy atom. The van der Waals surface area contributed by atoms with Gasteiger partial charge in [-0.3, -0.25) is 4.68 Å². The molecule has 1 N–H and O–H groups in total. The van der Waals surface area contributed by atoms with E-state index in [9.17, 15) is 5.11 Å². The summed E-state index contributed by atoms with van der Waals surface area (Å²) in [6, 6.07) is 7.74. The highest BCUT2D eigenvalue weighted by Crippen LogP contribution is 2.30. The van der Waals surface area contributed by atoms with Gasteiger partial charge in [-0.15, -0.1) is 0 Å². The molecule has 0 amide bonds. The lowest BCUT2D eigenvalue weighted by atomic mass is 10.0. The molecule has 3 nitrogen and oxygen atoms in total. The van der Waals surface area contributed by atoms with E-state index >= 15 is 0 Å². The minimum Gasteiger partial charge on any atom is -0.382 e.